The van der Waals surface area contributed by atoms with Gasteiger partial charge in [-0.05, 0) is 30.3 Å². The number of hydrogen-bond acceptors (Lipinski definition) is 7. The molecule has 6 heterocycles. The molecule has 6 aromatic heterocycles. The Morgan fingerprint density at radius 2 is 1.76 bits per heavy atom. The lowest BCUT2D eigenvalue weighted by molar-refractivity contribution is 1.10. The summed E-state index contributed by atoms with van der Waals surface area (Å²) in [6.07, 6.45) is 8.93. The Balaban J connectivity index is 1.48. The third-order valence-corrected chi connectivity index (χ3v) is 5.52. The lowest BCUT2D eigenvalue weighted by atomic mass is 10.1. The van der Waals surface area contributed by atoms with E-state index in [9.17, 15) is 0 Å². The second-order valence-electron chi connectivity index (χ2n) is 7.87. The average Bonchev–Trinajstić information content (AvgIpc) is 3.48. The van der Waals surface area contributed by atoms with Crippen LogP contribution < -0.4 is 4.90 Å². The number of anilines is 1. The Kier molecular flexibility index (Phi) is 4.32. The molecule has 6 aromatic rings. The molecule has 2 N–H and O–H groups in total. The molecule has 0 aliphatic rings. The molecule has 160 valence electrons. The number of aromatic amines is 2. The Bertz CT molecular complexity index is 1600. The van der Waals surface area contributed by atoms with Gasteiger partial charge in [-0.2, -0.15) is 5.10 Å². The predicted octanol–water partition coefficient (Wildman–Crippen LogP) is 4.09. The Hall–Kier alpha value is -4.66. The summed E-state index contributed by atoms with van der Waals surface area (Å²) in [5.41, 5.74) is 7.41. The van der Waals surface area contributed by atoms with E-state index in [1.165, 1.54) is 0 Å². The second kappa shape index (κ2) is 7.49. The van der Waals surface area contributed by atoms with Gasteiger partial charge < -0.3 is 9.88 Å². The van der Waals surface area contributed by atoms with Gasteiger partial charge in [0.2, 0.25) is 0 Å². The molecule has 9 heteroatoms. The number of hydrogen-bond donors (Lipinski definition) is 2. The normalized spacial score (nSPS) is 11.3. The summed E-state index contributed by atoms with van der Waals surface area (Å²) >= 11 is 0. The van der Waals surface area contributed by atoms with E-state index in [2.05, 4.69) is 41.2 Å². The number of fused-ring (bicyclic) bond motifs is 2. The van der Waals surface area contributed by atoms with Crippen LogP contribution in [0.5, 0.6) is 0 Å². The SMILES string of the molecule is CN(C)c1cncc(-c2cc3c(-c4nc5c(-c6ccccn6)nccc5[nH]4)n[nH]c3cn2)c1. The number of pyridine rings is 4. The monoisotopic (exact) mass is 433 g/mol. The first-order valence-corrected chi connectivity index (χ1v) is 10.4. The zero-order valence-electron chi connectivity index (χ0n) is 18.0. The van der Waals surface area contributed by atoms with Crippen LogP contribution in [0, 0.1) is 0 Å². The van der Waals surface area contributed by atoms with Gasteiger partial charge in [0.1, 0.15) is 16.9 Å². The summed E-state index contributed by atoms with van der Waals surface area (Å²) in [4.78, 5) is 28.1. The first kappa shape index (κ1) is 19.1. The van der Waals surface area contributed by atoms with E-state index in [1.54, 1.807) is 18.6 Å². The highest BCUT2D eigenvalue weighted by Crippen LogP contribution is 2.31. The Morgan fingerprint density at radius 3 is 2.61 bits per heavy atom. The van der Waals surface area contributed by atoms with Crippen molar-refractivity contribution in [2.75, 3.05) is 19.0 Å². The maximum Gasteiger partial charge on any atom is 0.159 e. The second-order valence-corrected chi connectivity index (χ2v) is 7.87. The third-order valence-electron chi connectivity index (χ3n) is 5.52. The molecule has 9 nitrogen and oxygen atoms in total. The maximum atomic E-state index is 4.84. The number of nitrogens with zero attached hydrogens (tertiary/aromatic N) is 7. The lowest BCUT2D eigenvalue weighted by Crippen LogP contribution is -2.08. The van der Waals surface area contributed by atoms with Crippen LogP contribution in [0.15, 0.2) is 67.4 Å². The molecule has 0 radical (unpaired) electrons. The molecule has 0 aliphatic heterocycles. The van der Waals surface area contributed by atoms with Crippen molar-refractivity contribution in [1.82, 2.24) is 40.1 Å². The molecule has 0 atom stereocenters. The van der Waals surface area contributed by atoms with Crippen LogP contribution in [0.2, 0.25) is 0 Å². The fourth-order valence-corrected chi connectivity index (χ4v) is 3.81. The molecule has 6 rings (SSSR count). The molecule has 0 aliphatic carbocycles. The number of H-pyrrole nitrogens is 2. The number of imidazole rings is 1. The molecular formula is C24H19N9. The highest BCUT2D eigenvalue weighted by atomic mass is 15.1. The zero-order chi connectivity index (χ0) is 22.4. The fourth-order valence-electron chi connectivity index (χ4n) is 3.81. The van der Waals surface area contributed by atoms with E-state index in [4.69, 9.17) is 4.98 Å². The van der Waals surface area contributed by atoms with Crippen molar-refractivity contribution in [1.29, 1.82) is 0 Å². The quantitative estimate of drug-likeness (QED) is 0.431. The minimum Gasteiger partial charge on any atom is -0.376 e. The lowest BCUT2D eigenvalue weighted by Gasteiger charge is -2.12. The van der Waals surface area contributed by atoms with Gasteiger partial charge in [-0.3, -0.25) is 25.0 Å². The van der Waals surface area contributed by atoms with E-state index in [1.807, 2.05) is 61.7 Å². The van der Waals surface area contributed by atoms with Crippen LogP contribution in [0.3, 0.4) is 0 Å². The van der Waals surface area contributed by atoms with Gasteiger partial charge in [0, 0.05) is 43.6 Å². The van der Waals surface area contributed by atoms with Crippen LogP contribution >= 0.6 is 0 Å². The highest BCUT2D eigenvalue weighted by molar-refractivity contribution is 5.96. The summed E-state index contributed by atoms with van der Waals surface area (Å²) in [5, 5.41) is 8.50. The molecule has 0 amide bonds. The van der Waals surface area contributed by atoms with Gasteiger partial charge in [0.05, 0.1) is 40.5 Å². The maximum absolute atomic E-state index is 4.84. The number of nitrogens with one attached hydrogen (secondary N) is 2. The van der Waals surface area contributed by atoms with Gasteiger partial charge in [-0.15, -0.1) is 0 Å². The molecule has 0 saturated heterocycles. The smallest absolute Gasteiger partial charge is 0.159 e. The van der Waals surface area contributed by atoms with Crippen molar-refractivity contribution in [3.8, 4) is 34.2 Å². The summed E-state index contributed by atoms with van der Waals surface area (Å²) in [6.45, 7) is 0. The predicted molar refractivity (Wildman–Crippen MR) is 128 cm³/mol. The first-order valence-electron chi connectivity index (χ1n) is 10.4. The van der Waals surface area contributed by atoms with Gasteiger partial charge in [-0.1, -0.05) is 6.07 Å². The van der Waals surface area contributed by atoms with Crippen molar-refractivity contribution < 1.29 is 0 Å². The summed E-state index contributed by atoms with van der Waals surface area (Å²) < 4.78 is 0. The Labute approximate surface area is 188 Å². The van der Waals surface area contributed by atoms with E-state index < -0.39 is 0 Å². The topological polar surface area (TPSA) is 112 Å². The van der Waals surface area contributed by atoms with Crippen LogP contribution in [0.4, 0.5) is 5.69 Å². The molecule has 0 saturated carbocycles. The van der Waals surface area contributed by atoms with Gasteiger partial charge >= 0.3 is 0 Å². The minimum absolute atomic E-state index is 0.652. The zero-order valence-corrected chi connectivity index (χ0v) is 18.0. The molecule has 0 aromatic carbocycles. The van der Waals surface area contributed by atoms with Crippen molar-refractivity contribution in [3.63, 3.8) is 0 Å². The van der Waals surface area contributed by atoms with Crippen LogP contribution in [-0.2, 0) is 0 Å². The summed E-state index contributed by atoms with van der Waals surface area (Å²) in [6, 6.07) is 11.7. The van der Waals surface area contributed by atoms with Crippen LogP contribution in [0.25, 0.3) is 56.1 Å². The van der Waals surface area contributed by atoms with Crippen molar-refractivity contribution in [3.05, 3.63) is 67.4 Å². The molecule has 33 heavy (non-hydrogen) atoms. The minimum atomic E-state index is 0.652. The number of aromatic nitrogens is 8. The molecule has 0 spiro atoms. The van der Waals surface area contributed by atoms with E-state index in [0.717, 1.165) is 50.3 Å². The average molecular weight is 433 g/mol. The molecule has 0 bridgehead atoms. The van der Waals surface area contributed by atoms with E-state index >= 15 is 0 Å². The van der Waals surface area contributed by atoms with Crippen molar-refractivity contribution in [2.24, 2.45) is 0 Å². The first-order chi connectivity index (χ1) is 16.2. The van der Waals surface area contributed by atoms with Crippen LogP contribution in [-0.4, -0.2) is 54.2 Å². The van der Waals surface area contributed by atoms with Crippen molar-refractivity contribution >= 4 is 27.6 Å². The largest absolute Gasteiger partial charge is 0.376 e. The van der Waals surface area contributed by atoms with Gasteiger partial charge in [0.15, 0.2) is 5.82 Å². The molecule has 0 unspecified atom stereocenters. The number of rotatable bonds is 4. The standard InChI is InChI=1S/C24H19N9/c1-33(2)15-9-14(11-25-12-15)19-10-16-20(13-28-19)31-32-21(16)24-29-18-6-8-27-22(23(18)30-24)17-5-3-4-7-26-17/h3-13H,1-2H3,(H,29,30)(H,31,32). The van der Waals surface area contributed by atoms with Gasteiger partial charge in [-0.25, -0.2) is 4.98 Å². The summed E-state index contributed by atoms with van der Waals surface area (Å²) in [7, 11) is 3.97. The Morgan fingerprint density at radius 1 is 0.818 bits per heavy atom. The molecule has 0 fully saturated rings. The highest BCUT2D eigenvalue weighted by Gasteiger charge is 2.17. The fraction of sp³-hybridized carbons (Fsp3) is 0.0833. The third kappa shape index (κ3) is 3.26. The molecular weight excluding hydrogens is 414 g/mol. The van der Waals surface area contributed by atoms with E-state index in [-0.39, 0.29) is 0 Å². The van der Waals surface area contributed by atoms with Crippen molar-refractivity contribution in [2.45, 2.75) is 0 Å². The summed E-state index contributed by atoms with van der Waals surface area (Å²) in [5.74, 6) is 0.652. The van der Waals surface area contributed by atoms with Gasteiger partial charge in [0.25, 0.3) is 0 Å². The van der Waals surface area contributed by atoms with Crippen LogP contribution in [0.1, 0.15) is 0 Å². The van der Waals surface area contributed by atoms with E-state index in [0.29, 0.717) is 11.5 Å².